The third kappa shape index (κ3) is 4.65. The summed E-state index contributed by atoms with van der Waals surface area (Å²) in [5, 5.41) is 9.16. The number of aryl methyl sites for hydroxylation is 1. The summed E-state index contributed by atoms with van der Waals surface area (Å²) < 4.78 is 10.7. The lowest BCUT2D eigenvalue weighted by Gasteiger charge is -2.41. The summed E-state index contributed by atoms with van der Waals surface area (Å²) in [5.74, 6) is -0.761. The fraction of sp³-hybridized carbons (Fsp3) is 0.267. The highest BCUT2D eigenvalue weighted by Crippen LogP contribution is 2.42. The molecule has 12 nitrogen and oxygen atoms in total. The molecule has 0 radical (unpaired) electrons. The van der Waals surface area contributed by atoms with Crippen LogP contribution in [0.3, 0.4) is 0 Å². The molecule has 2 saturated heterocycles. The van der Waals surface area contributed by atoms with Crippen LogP contribution in [0.1, 0.15) is 34.7 Å². The van der Waals surface area contributed by atoms with E-state index in [1.54, 1.807) is 42.6 Å². The molecule has 0 atom stereocenters. The Labute approximate surface area is 241 Å². The van der Waals surface area contributed by atoms with Crippen molar-refractivity contribution in [2.45, 2.75) is 31.8 Å². The first-order valence-electron chi connectivity index (χ1n) is 13.4. The number of aromatic carboxylic acids is 1. The van der Waals surface area contributed by atoms with Gasteiger partial charge in [0, 0.05) is 37.5 Å². The van der Waals surface area contributed by atoms with Crippen LogP contribution in [0.15, 0.2) is 71.5 Å². The summed E-state index contributed by atoms with van der Waals surface area (Å²) in [5.41, 5.74) is 1.92. The molecule has 12 heteroatoms. The number of piperidine rings is 1. The number of urea groups is 1. The first-order valence-corrected chi connectivity index (χ1v) is 13.4. The number of furan rings is 1. The summed E-state index contributed by atoms with van der Waals surface area (Å²) in [4.78, 5) is 57.4. The van der Waals surface area contributed by atoms with Gasteiger partial charge in [-0.3, -0.25) is 19.6 Å². The Bertz CT molecular complexity index is 1660. The Morgan fingerprint density at radius 2 is 1.81 bits per heavy atom. The molecule has 0 unspecified atom stereocenters. The minimum atomic E-state index is -1.17. The van der Waals surface area contributed by atoms with Crippen molar-refractivity contribution in [2.75, 3.05) is 30.0 Å². The molecule has 1 aromatic carbocycles. The summed E-state index contributed by atoms with van der Waals surface area (Å²) in [6.07, 6.45) is 3.88. The molecule has 5 heterocycles. The van der Waals surface area contributed by atoms with E-state index in [9.17, 15) is 14.4 Å². The minimum absolute atomic E-state index is 0.179. The van der Waals surface area contributed by atoms with Crippen molar-refractivity contribution >= 4 is 29.4 Å². The number of hydrogen-bond donors (Lipinski definition) is 1. The van der Waals surface area contributed by atoms with Gasteiger partial charge >= 0.3 is 12.0 Å². The van der Waals surface area contributed by atoms with Gasteiger partial charge in [-0.1, -0.05) is 6.07 Å². The van der Waals surface area contributed by atoms with E-state index in [4.69, 9.17) is 14.3 Å². The number of ether oxygens (including phenoxy) is 1. The van der Waals surface area contributed by atoms with Crippen LogP contribution in [0.2, 0.25) is 0 Å². The lowest BCUT2D eigenvalue weighted by atomic mass is 9.85. The maximum Gasteiger partial charge on any atom is 0.371 e. The third-order valence-corrected chi connectivity index (χ3v) is 7.88. The molecule has 0 saturated carbocycles. The normalized spacial score (nSPS) is 16.8. The summed E-state index contributed by atoms with van der Waals surface area (Å²) in [7, 11) is 1.48. The monoisotopic (exact) mass is 568 g/mol. The van der Waals surface area contributed by atoms with Gasteiger partial charge in [0.2, 0.25) is 11.6 Å². The topological polar surface area (TPSA) is 142 Å². The lowest BCUT2D eigenvalue weighted by Crippen LogP contribution is -2.57. The summed E-state index contributed by atoms with van der Waals surface area (Å²) in [6, 6.07) is 14.6. The molecule has 42 heavy (non-hydrogen) atoms. The molecule has 0 aliphatic carbocycles. The smallest absolute Gasteiger partial charge is 0.371 e. The number of pyridine rings is 1. The molecule has 4 aromatic rings. The average molecular weight is 569 g/mol. The average Bonchev–Trinajstić information content (AvgIpc) is 3.58. The van der Waals surface area contributed by atoms with Crippen molar-refractivity contribution in [3.05, 3.63) is 84.1 Å². The van der Waals surface area contributed by atoms with E-state index < -0.39 is 17.5 Å². The lowest BCUT2D eigenvalue weighted by molar-refractivity contribution is -0.123. The Morgan fingerprint density at radius 1 is 1.05 bits per heavy atom. The van der Waals surface area contributed by atoms with Crippen LogP contribution in [-0.2, 0) is 11.3 Å². The van der Waals surface area contributed by atoms with Gasteiger partial charge in [0.1, 0.15) is 23.4 Å². The predicted octanol–water partition coefficient (Wildman–Crippen LogP) is 4.15. The zero-order valence-corrected chi connectivity index (χ0v) is 23.1. The number of carbonyl (C=O) groups excluding carboxylic acids is 2. The van der Waals surface area contributed by atoms with Crippen LogP contribution in [-0.4, -0.2) is 68.6 Å². The number of carboxylic acid groups (broad SMARTS) is 1. The van der Waals surface area contributed by atoms with Gasteiger partial charge in [-0.2, -0.15) is 0 Å². The summed E-state index contributed by atoms with van der Waals surface area (Å²) in [6.45, 7) is 3.82. The van der Waals surface area contributed by atoms with Crippen LogP contribution in [0.5, 0.6) is 5.88 Å². The second kappa shape index (κ2) is 10.7. The van der Waals surface area contributed by atoms with E-state index in [0.717, 1.165) is 11.3 Å². The number of likely N-dealkylation sites (tertiary alicyclic amines) is 1. The Morgan fingerprint density at radius 3 is 2.48 bits per heavy atom. The molecule has 214 valence electrons. The van der Waals surface area contributed by atoms with E-state index in [1.807, 2.05) is 19.1 Å². The molecule has 0 bridgehead atoms. The van der Waals surface area contributed by atoms with Crippen molar-refractivity contribution in [3.63, 3.8) is 0 Å². The van der Waals surface area contributed by atoms with Crippen molar-refractivity contribution in [3.8, 4) is 17.2 Å². The number of benzene rings is 1. The molecular weight excluding hydrogens is 540 g/mol. The van der Waals surface area contributed by atoms with Gasteiger partial charge < -0.3 is 14.3 Å². The van der Waals surface area contributed by atoms with Crippen molar-refractivity contribution in [1.29, 1.82) is 0 Å². The third-order valence-electron chi connectivity index (χ3n) is 7.88. The maximum absolute atomic E-state index is 14.3. The van der Waals surface area contributed by atoms with E-state index in [2.05, 4.69) is 19.9 Å². The van der Waals surface area contributed by atoms with Gasteiger partial charge in [-0.25, -0.2) is 24.5 Å². The number of nitrogens with zero attached hydrogens (tertiary/aromatic N) is 6. The van der Waals surface area contributed by atoms with Gasteiger partial charge in [-0.05, 0) is 67.8 Å². The van der Waals surface area contributed by atoms with Crippen LogP contribution in [0, 0.1) is 6.92 Å². The van der Waals surface area contributed by atoms with E-state index in [0.29, 0.717) is 49.5 Å². The van der Waals surface area contributed by atoms with E-state index >= 15 is 0 Å². The second-order valence-corrected chi connectivity index (χ2v) is 10.3. The van der Waals surface area contributed by atoms with E-state index in [1.165, 1.54) is 29.3 Å². The van der Waals surface area contributed by atoms with Gasteiger partial charge in [0.25, 0.3) is 5.91 Å². The number of aromatic nitrogens is 3. The molecule has 1 spiro atoms. The van der Waals surface area contributed by atoms with E-state index in [-0.39, 0.29) is 23.4 Å². The molecule has 1 N–H and O–H groups in total. The predicted molar refractivity (Wildman–Crippen MR) is 151 cm³/mol. The molecular formula is C30H28N6O6. The molecule has 2 aliphatic rings. The number of anilines is 2. The van der Waals surface area contributed by atoms with Gasteiger partial charge in [0.15, 0.2) is 0 Å². The van der Waals surface area contributed by atoms with Gasteiger partial charge in [0.05, 0.1) is 18.5 Å². The Hall–Kier alpha value is -5.10. The van der Waals surface area contributed by atoms with Crippen LogP contribution in [0.25, 0.3) is 11.3 Å². The maximum atomic E-state index is 14.3. The highest BCUT2D eigenvalue weighted by molar-refractivity contribution is 6.30. The molecule has 2 aliphatic heterocycles. The molecule has 2 fully saturated rings. The Kier molecular flexibility index (Phi) is 6.91. The second-order valence-electron chi connectivity index (χ2n) is 10.3. The Balaban J connectivity index is 1.31. The van der Waals surface area contributed by atoms with Crippen LogP contribution in [0.4, 0.5) is 16.3 Å². The first-order chi connectivity index (χ1) is 20.3. The highest BCUT2D eigenvalue weighted by atomic mass is 16.5. The highest BCUT2D eigenvalue weighted by Gasteiger charge is 2.59. The van der Waals surface area contributed by atoms with Crippen molar-refractivity contribution < 1.29 is 28.6 Å². The molecule has 3 aromatic heterocycles. The molecule has 6 rings (SSSR count). The van der Waals surface area contributed by atoms with Crippen molar-refractivity contribution in [1.82, 2.24) is 19.9 Å². The number of rotatable bonds is 7. The first kappa shape index (κ1) is 27.1. The zero-order chi connectivity index (χ0) is 29.4. The minimum Gasteiger partial charge on any atom is -0.481 e. The number of hydrogen-bond acceptors (Lipinski definition) is 9. The number of carboxylic acids is 1. The fourth-order valence-corrected chi connectivity index (χ4v) is 5.58. The van der Waals surface area contributed by atoms with Gasteiger partial charge in [-0.15, -0.1) is 0 Å². The number of methoxy groups -OCH3 is 1. The van der Waals surface area contributed by atoms with Crippen molar-refractivity contribution in [2.24, 2.45) is 0 Å². The standard InChI is InChI=1S/C30H28N6O6/c1-19-4-3-13-31-22(19)17-34-14-11-30(12-15-34)28(39)35(29(40)36(30)25-16-26(41-2)33-18-32-25)21-7-5-20(6-8-21)23-9-10-24(42-23)27(37)38/h3-10,13,16,18H,11-12,14-15,17H2,1-2H3,(H,37,38). The molecule has 3 amide bonds. The zero-order valence-electron chi connectivity index (χ0n) is 23.1. The summed E-state index contributed by atoms with van der Waals surface area (Å²) >= 11 is 0. The van der Waals surface area contributed by atoms with Crippen LogP contribution < -0.4 is 14.5 Å². The number of amides is 3. The largest absolute Gasteiger partial charge is 0.481 e. The van der Waals surface area contributed by atoms with Crippen LogP contribution >= 0.6 is 0 Å². The number of imide groups is 1. The SMILES string of the molecule is COc1cc(N2C(=O)N(c3ccc(-c4ccc(C(=O)O)o4)cc3)C(=O)C23CCN(Cc2ncccc2C)CC3)ncn1. The quantitative estimate of drug-likeness (QED) is 0.323. The fourth-order valence-electron chi connectivity index (χ4n) is 5.58. The number of carbonyl (C=O) groups is 3.